The van der Waals surface area contributed by atoms with Gasteiger partial charge < -0.3 is 10.1 Å². The Balaban J connectivity index is 1.35. The second kappa shape index (κ2) is 6.63. The predicted molar refractivity (Wildman–Crippen MR) is 113 cm³/mol. The molecule has 1 aliphatic carbocycles. The van der Waals surface area contributed by atoms with Crippen LogP contribution in [-0.2, 0) is 7.05 Å². The quantitative estimate of drug-likeness (QED) is 0.546. The van der Waals surface area contributed by atoms with Gasteiger partial charge in [0, 0.05) is 36.2 Å². The van der Waals surface area contributed by atoms with E-state index in [9.17, 15) is 0 Å². The number of piperidine rings is 1. The van der Waals surface area contributed by atoms with Crippen LogP contribution in [0, 0.1) is 5.41 Å². The van der Waals surface area contributed by atoms with Crippen LogP contribution in [0.4, 0.5) is 0 Å². The van der Waals surface area contributed by atoms with E-state index in [1.165, 1.54) is 19.3 Å². The van der Waals surface area contributed by atoms with Crippen LogP contribution in [0.15, 0.2) is 42.9 Å². The Bertz CT molecular complexity index is 1220. The van der Waals surface area contributed by atoms with Crippen LogP contribution < -0.4 is 10.1 Å². The van der Waals surface area contributed by atoms with Crippen molar-refractivity contribution < 1.29 is 4.74 Å². The van der Waals surface area contributed by atoms with Crippen molar-refractivity contribution in [1.29, 1.82) is 0 Å². The number of aryl methyl sites for hydroxylation is 1. The van der Waals surface area contributed by atoms with Crippen LogP contribution in [0.3, 0.4) is 0 Å². The van der Waals surface area contributed by atoms with Crippen molar-refractivity contribution in [3.63, 3.8) is 0 Å². The molecular formula is C22H23N7O. The lowest BCUT2D eigenvalue weighted by Gasteiger charge is -2.32. The minimum absolute atomic E-state index is 0.156. The molecule has 4 heterocycles. The van der Waals surface area contributed by atoms with Gasteiger partial charge in [0.1, 0.15) is 17.5 Å². The molecule has 3 aromatic heterocycles. The van der Waals surface area contributed by atoms with E-state index in [1.807, 2.05) is 23.9 Å². The van der Waals surface area contributed by atoms with E-state index in [0.29, 0.717) is 17.0 Å². The lowest BCUT2D eigenvalue weighted by atomic mass is 9.92. The summed E-state index contributed by atoms with van der Waals surface area (Å²) >= 11 is 0. The van der Waals surface area contributed by atoms with E-state index in [1.54, 1.807) is 18.6 Å². The van der Waals surface area contributed by atoms with E-state index in [-0.39, 0.29) is 6.10 Å². The summed E-state index contributed by atoms with van der Waals surface area (Å²) in [6.07, 6.45) is 9.05. The van der Waals surface area contributed by atoms with Gasteiger partial charge in [0.05, 0.1) is 23.6 Å². The van der Waals surface area contributed by atoms with Gasteiger partial charge in [-0.25, -0.2) is 4.98 Å². The highest BCUT2D eigenvalue weighted by molar-refractivity contribution is 5.94. The standard InChI is InChI=1S/C22H23N7O/c1-29-18(4-8-25-29)14-2-3-16-15(10-14)21(28-27-16)17-11-24-13-20(26-17)30-19-12-23-9-7-22(19)5-6-22/h2-4,8,10-11,13,19,23H,5-7,9,12H2,1H3,(H,27,28). The van der Waals surface area contributed by atoms with E-state index in [2.05, 4.69) is 37.7 Å². The molecule has 6 rings (SSSR count). The first-order valence-corrected chi connectivity index (χ1v) is 10.4. The van der Waals surface area contributed by atoms with Crippen LogP contribution in [-0.4, -0.2) is 49.1 Å². The number of aromatic nitrogens is 6. The maximum absolute atomic E-state index is 6.30. The van der Waals surface area contributed by atoms with Crippen molar-refractivity contribution in [1.82, 2.24) is 35.3 Å². The van der Waals surface area contributed by atoms with Crippen LogP contribution >= 0.6 is 0 Å². The summed E-state index contributed by atoms with van der Waals surface area (Å²) < 4.78 is 8.16. The lowest BCUT2D eigenvalue weighted by molar-refractivity contribution is 0.0844. The van der Waals surface area contributed by atoms with Crippen molar-refractivity contribution in [3.8, 4) is 28.5 Å². The molecule has 1 aliphatic heterocycles. The summed E-state index contributed by atoms with van der Waals surface area (Å²) in [5, 5.41) is 16.3. The highest BCUT2D eigenvalue weighted by atomic mass is 16.5. The molecule has 1 unspecified atom stereocenters. The summed E-state index contributed by atoms with van der Waals surface area (Å²) in [5.41, 5.74) is 4.89. The van der Waals surface area contributed by atoms with Crippen LogP contribution in [0.2, 0.25) is 0 Å². The van der Waals surface area contributed by atoms with Gasteiger partial charge in [-0.1, -0.05) is 6.07 Å². The number of benzene rings is 1. The van der Waals surface area contributed by atoms with E-state index >= 15 is 0 Å². The minimum Gasteiger partial charge on any atom is -0.471 e. The number of fused-ring (bicyclic) bond motifs is 1. The summed E-state index contributed by atoms with van der Waals surface area (Å²) in [6, 6.07) is 8.22. The Labute approximate surface area is 173 Å². The number of aromatic amines is 1. The summed E-state index contributed by atoms with van der Waals surface area (Å²) in [4.78, 5) is 9.14. The van der Waals surface area contributed by atoms with Gasteiger partial charge in [-0.15, -0.1) is 0 Å². The van der Waals surface area contributed by atoms with Crippen molar-refractivity contribution in [3.05, 3.63) is 42.9 Å². The molecule has 2 fully saturated rings. The zero-order chi connectivity index (χ0) is 20.1. The van der Waals surface area contributed by atoms with Crippen LogP contribution in [0.1, 0.15) is 19.3 Å². The number of nitrogens with one attached hydrogen (secondary N) is 2. The highest BCUT2D eigenvalue weighted by Crippen LogP contribution is 2.53. The van der Waals surface area contributed by atoms with E-state index < -0.39 is 0 Å². The smallest absolute Gasteiger partial charge is 0.233 e. The van der Waals surface area contributed by atoms with Crippen molar-refractivity contribution in [2.75, 3.05) is 13.1 Å². The molecule has 2 aliphatic rings. The normalized spacial score (nSPS) is 20.0. The summed E-state index contributed by atoms with van der Waals surface area (Å²) in [5.74, 6) is 0.561. The fourth-order valence-corrected chi connectivity index (χ4v) is 4.54. The molecule has 1 atom stereocenters. The number of rotatable bonds is 4. The van der Waals surface area contributed by atoms with Crippen LogP contribution in [0.25, 0.3) is 33.5 Å². The molecule has 0 bridgehead atoms. The van der Waals surface area contributed by atoms with Crippen molar-refractivity contribution >= 4 is 10.9 Å². The van der Waals surface area contributed by atoms with E-state index in [4.69, 9.17) is 9.72 Å². The maximum Gasteiger partial charge on any atom is 0.233 e. The van der Waals surface area contributed by atoms with E-state index in [0.717, 1.165) is 40.9 Å². The third-order valence-corrected chi connectivity index (χ3v) is 6.50. The highest BCUT2D eigenvalue weighted by Gasteiger charge is 2.52. The van der Waals surface area contributed by atoms with Gasteiger partial charge in [0.15, 0.2) is 0 Å². The second-order valence-electron chi connectivity index (χ2n) is 8.34. The third kappa shape index (κ3) is 2.87. The fourth-order valence-electron chi connectivity index (χ4n) is 4.54. The Morgan fingerprint density at radius 3 is 2.93 bits per heavy atom. The molecule has 1 spiro atoms. The topological polar surface area (TPSA) is 93.5 Å². The maximum atomic E-state index is 6.30. The van der Waals surface area contributed by atoms with Crippen molar-refractivity contribution in [2.24, 2.45) is 12.5 Å². The number of hydrogen-bond acceptors (Lipinski definition) is 6. The van der Waals surface area contributed by atoms with Gasteiger partial charge in [0.25, 0.3) is 0 Å². The zero-order valence-electron chi connectivity index (χ0n) is 16.8. The fraction of sp³-hybridized carbons (Fsp3) is 0.364. The van der Waals surface area contributed by atoms with Gasteiger partial charge in [-0.2, -0.15) is 10.2 Å². The van der Waals surface area contributed by atoms with Gasteiger partial charge in [-0.3, -0.25) is 14.8 Å². The Kier molecular flexibility index (Phi) is 3.89. The van der Waals surface area contributed by atoms with Gasteiger partial charge in [0.2, 0.25) is 5.88 Å². The molecule has 0 amide bonds. The first-order chi connectivity index (χ1) is 14.7. The first kappa shape index (κ1) is 17.6. The number of H-pyrrole nitrogens is 1. The summed E-state index contributed by atoms with van der Waals surface area (Å²) in [7, 11) is 1.94. The van der Waals surface area contributed by atoms with Gasteiger partial charge >= 0.3 is 0 Å². The van der Waals surface area contributed by atoms with Gasteiger partial charge in [-0.05, 0) is 44.0 Å². The van der Waals surface area contributed by atoms with Crippen LogP contribution in [0.5, 0.6) is 5.88 Å². The predicted octanol–water partition coefficient (Wildman–Crippen LogP) is 2.94. The monoisotopic (exact) mass is 401 g/mol. The number of hydrogen-bond donors (Lipinski definition) is 2. The first-order valence-electron chi connectivity index (χ1n) is 10.4. The molecule has 1 saturated carbocycles. The average Bonchev–Trinajstić information content (AvgIpc) is 3.19. The average molecular weight is 401 g/mol. The second-order valence-corrected chi connectivity index (χ2v) is 8.34. The molecule has 8 nitrogen and oxygen atoms in total. The molecule has 1 saturated heterocycles. The lowest BCUT2D eigenvalue weighted by Crippen LogP contribution is -2.45. The molecular weight excluding hydrogens is 378 g/mol. The summed E-state index contributed by atoms with van der Waals surface area (Å²) in [6.45, 7) is 1.94. The molecule has 2 N–H and O–H groups in total. The third-order valence-electron chi connectivity index (χ3n) is 6.50. The Morgan fingerprint density at radius 1 is 1.17 bits per heavy atom. The molecule has 4 aromatic rings. The molecule has 152 valence electrons. The Hall–Kier alpha value is -3.26. The molecule has 0 radical (unpaired) electrons. The molecule has 30 heavy (non-hydrogen) atoms. The molecule has 1 aromatic carbocycles. The largest absolute Gasteiger partial charge is 0.471 e. The van der Waals surface area contributed by atoms with Crippen molar-refractivity contribution in [2.45, 2.75) is 25.4 Å². The number of nitrogens with zero attached hydrogens (tertiary/aromatic N) is 5. The molecule has 8 heteroatoms. The number of ether oxygens (including phenoxy) is 1. The zero-order valence-corrected chi connectivity index (χ0v) is 16.8. The SMILES string of the molecule is Cn1nccc1-c1ccc2[nH]nc(-c3cncc(OC4CNCCC45CC5)n3)c2c1. The Morgan fingerprint density at radius 2 is 2.10 bits per heavy atom. The minimum atomic E-state index is 0.156.